The molecule has 1 aliphatic carbocycles. The van der Waals surface area contributed by atoms with E-state index in [1.54, 1.807) is 0 Å². The van der Waals surface area contributed by atoms with E-state index in [4.69, 9.17) is 0 Å². The third kappa shape index (κ3) is 3.11. The summed E-state index contributed by atoms with van der Waals surface area (Å²) in [5.74, 6) is 0.0611. The Labute approximate surface area is 166 Å². The average molecular weight is 377 g/mol. The highest BCUT2D eigenvalue weighted by atomic mass is 16.2. The molecule has 2 aromatic rings. The van der Waals surface area contributed by atoms with Gasteiger partial charge in [0.15, 0.2) is 0 Å². The van der Waals surface area contributed by atoms with Crippen LogP contribution in [0.5, 0.6) is 0 Å². The van der Waals surface area contributed by atoms with Gasteiger partial charge in [-0.05, 0) is 43.4 Å². The molecular weight excluding hydrogens is 348 g/mol. The van der Waals surface area contributed by atoms with Gasteiger partial charge in [0.1, 0.15) is 5.54 Å². The Bertz CT molecular complexity index is 864. The third-order valence-corrected chi connectivity index (χ3v) is 6.42. The lowest BCUT2D eigenvalue weighted by molar-refractivity contribution is -0.166. The Hall–Kier alpha value is -2.62. The fourth-order valence-corrected chi connectivity index (χ4v) is 4.85. The molecule has 0 unspecified atom stereocenters. The zero-order chi connectivity index (χ0) is 19.7. The first kappa shape index (κ1) is 18.7. The predicted molar refractivity (Wildman–Crippen MR) is 111 cm³/mol. The summed E-state index contributed by atoms with van der Waals surface area (Å²) in [4.78, 5) is 28.3. The first-order valence-corrected chi connectivity index (χ1v) is 10.3. The van der Waals surface area contributed by atoms with Crippen molar-refractivity contribution in [3.8, 4) is 0 Å². The van der Waals surface area contributed by atoms with Crippen LogP contribution in [0.25, 0.3) is 0 Å². The summed E-state index contributed by atoms with van der Waals surface area (Å²) in [7, 11) is 0. The van der Waals surface area contributed by atoms with Crippen molar-refractivity contribution in [1.29, 1.82) is 0 Å². The van der Waals surface area contributed by atoms with Crippen molar-refractivity contribution in [3.05, 3.63) is 65.2 Å². The lowest BCUT2D eigenvalue weighted by atomic mass is 9.74. The van der Waals surface area contributed by atoms with E-state index in [-0.39, 0.29) is 17.9 Å². The summed E-state index contributed by atoms with van der Waals surface area (Å²) >= 11 is 0. The number of anilines is 1. The van der Waals surface area contributed by atoms with Crippen LogP contribution in [-0.4, -0.2) is 22.3 Å². The summed E-state index contributed by atoms with van der Waals surface area (Å²) < 4.78 is 0. The number of nitrogens with one attached hydrogen (secondary N) is 1. The van der Waals surface area contributed by atoms with E-state index in [1.807, 2.05) is 55.1 Å². The Morgan fingerprint density at radius 3 is 2.21 bits per heavy atom. The number of likely N-dealkylation sites (tertiary alicyclic amines) is 1. The molecule has 0 bridgehead atoms. The molecule has 0 spiro atoms. The molecule has 28 heavy (non-hydrogen) atoms. The largest absolute Gasteiger partial charge is 0.324 e. The van der Waals surface area contributed by atoms with E-state index in [0.29, 0.717) is 6.42 Å². The summed E-state index contributed by atoms with van der Waals surface area (Å²) in [6.45, 7) is 4.02. The molecule has 0 radical (unpaired) electrons. The van der Waals surface area contributed by atoms with Crippen molar-refractivity contribution in [2.45, 2.75) is 64.0 Å². The minimum atomic E-state index is -0.747. The van der Waals surface area contributed by atoms with Gasteiger partial charge in [0.05, 0.1) is 12.5 Å². The third-order valence-electron chi connectivity index (χ3n) is 6.42. The van der Waals surface area contributed by atoms with Crippen LogP contribution in [0.1, 0.15) is 61.3 Å². The van der Waals surface area contributed by atoms with Gasteiger partial charge in [-0.15, -0.1) is 0 Å². The molecule has 2 amide bonds. The number of para-hydroxylation sites is 1. The average Bonchev–Trinajstić information content (AvgIpc) is 2.70. The molecule has 1 atom stereocenters. The van der Waals surface area contributed by atoms with Crippen LogP contribution in [0.15, 0.2) is 48.5 Å². The Kier molecular flexibility index (Phi) is 4.96. The fraction of sp³-hybridized carbons (Fsp3) is 0.417. The molecule has 1 N–H and O–H groups in total. The van der Waals surface area contributed by atoms with Gasteiger partial charge in [0, 0.05) is 5.69 Å². The summed E-state index contributed by atoms with van der Waals surface area (Å²) in [5, 5.41) is 3.20. The molecule has 1 saturated heterocycles. The molecule has 2 aromatic carbocycles. The summed E-state index contributed by atoms with van der Waals surface area (Å²) in [6.07, 6.45) is 5.04. The van der Waals surface area contributed by atoms with Gasteiger partial charge in [0.2, 0.25) is 11.8 Å². The van der Waals surface area contributed by atoms with Crippen molar-refractivity contribution < 1.29 is 9.59 Å². The topological polar surface area (TPSA) is 49.4 Å². The molecule has 2 fully saturated rings. The minimum Gasteiger partial charge on any atom is -0.324 e. The van der Waals surface area contributed by atoms with Gasteiger partial charge in [-0.1, -0.05) is 67.8 Å². The lowest BCUT2D eigenvalue weighted by Crippen LogP contribution is -2.65. The highest BCUT2D eigenvalue weighted by molar-refractivity contribution is 6.02. The van der Waals surface area contributed by atoms with Crippen LogP contribution in [0.4, 0.5) is 5.69 Å². The van der Waals surface area contributed by atoms with E-state index in [9.17, 15) is 9.59 Å². The van der Waals surface area contributed by atoms with Gasteiger partial charge >= 0.3 is 0 Å². The first-order valence-electron chi connectivity index (χ1n) is 10.3. The molecule has 1 aliphatic heterocycles. The predicted octanol–water partition coefficient (Wildman–Crippen LogP) is 4.92. The van der Waals surface area contributed by atoms with Crippen LogP contribution in [0.3, 0.4) is 0 Å². The number of rotatable bonds is 4. The molecule has 2 aliphatic rings. The molecule has 4 nitrogen and oxygen atoms in total. The molecule has 4 heteroatoms. The van der Waals surface area contributed by atoms with Crippen molar-refractivity contribution in [1.82, 2.24) is 4.90 Å². The van der Waals surface area contributed by atoms with Gasteiger partial charge in [-0.2, -0.15) is 0 Å². The summed E-state index contributed by atoms with van der Waals surface area (Å²) in [6, 6.07) is 16.1. The number of carbonyl (C=O) groups excluding carboxylic acids is 2. The van der Waals surface area contributed by atoms with Crippen molar-refractivity contribution in [2.75, 3.05) is 5.32 Å². The number of benzene rings is 2. The second-order valence-electron chi connectivity index (χ2n) is 8.21. The molecule has 0 aromatic heterocycles. The SMILES string of the molecule is Cc1cccc(C)c1NC(=O)C1(N2C(=O)C[C@H]2c2ccccc2)CCCCC1. The van der Waals surface area contributed by atoms with E-state index in [2.05, 4.69) is 17.4 Å². The van der Waals surface area contributed by atoms with Crippen LogP contribution in [0, 0.1) is 13.8 Å². The zero-order valence-electron chi connectivity index (χ0n) is 16.7. The van der Waals surface area contributed by atoms with E-state index in [1.165, 1.54) is 0 Å². The molecule has 1 heterocycles. The Morgan fingerprint density at radius 2 is 1.61 bits per heavy atom. The maximum absolute atomic E-state index is 13.6. The number of hydrogen-bond donors (Lipinski definition) is 1. The van der Waals surface area contributed by atoms with Gasteiger partial charge in [0.25, 0.3) is 0 Å². The first-order chi connectivity index (χ1) is 13.5. The van der Waals surface area contributed by atoms with Crippen molar-refractivity contribution in [3.63, 3.8) is 0 Å². The Morgan fingerprint density at radius 1 is 0.964 bits per heavy atom. The maximum Gasteiger partial charge on any atom is 0.250 e. The number of carbonyl (C=O) groups is 2. The molecule has 1 saturated carbocycles. The molecule has 4 rings (SSSR count). The van der Waals surface area contributed by atoms with E-state index >= 15 is 0 Å². The monoisotopic (exact) mass is 376 g/mol. The minimum absolute atomic E-state index is 0.00415. The van der Waals surface area contributed by atoms with Crippen LogP contribution in [0.2, 0.25) is 0 Å². The molecule has 146 valence electrons. The van der Waals surface area contributed by atoms with E-state index < -0.39 is 5.54 Å². The Balaban J connectivity index is 1.68. The zero-order valence-corrected chi connectivity index (χ0v) is 16.7. The highest BCUT2D eigenvalue weighted by Crippen LogP contribution is 2.47. The maximum atomic E-state index is 13.6. The van der Waals surface area contributed by atoms with Gasteiger partial charge < -0.3 is 10.2 Å². The van der Waals surface area contributed by atoms with E-state index in [0.717, 1.165) is 54.5 Å². The van der Waals surface area contributed by atoms with Gasteiger partial charge in [-0.3, -0.25) is 9.59 Å². The standard InChI is InChI=1S/C24H28N2O2/c1-17-10-9-11-18(2)22(17)25-23(28)24(14-7-4-8-15-24)26-20(16-21(26)27)19-12-5-3-6-13-19/h3,5-6,9-13,20H,4,7-8,14-16H2,1-2H3,(H,25,28)/t20-/m0/s1. The van der Waals surface area contributed by atoms with Crippen LogP contribution in [-0.2, 0) is 9.59 Å². The van der Waals surface area contributed by atoms with Crippen LogP contribution < -0.4 is 5.32 Å². The second-order valence-corrected chi connectivity index (χ2v) is 8.21. The number of aryl methyl sites for hydroxylation is 2. The number of hydrogen-bond acceptors (Lipinski definition) is 2. The second kappa shape index (κ2) is 7.42. The smallest absolute Gasteiger partial charge is 0.250 e. The lowest BCUT2D eigenvalue weighted by Gasteiger charge is -2.54. The van der Waals surface area contributed by atoms with Crippen molar-refractivity contribution in [2.24, 2.45) is 0 Å². The van der Waals surface area contributed by atoms with Crippen LogP contribution >= 0.6 is 0 Å². The van der Waals surface area contributed by atoms with Crippen molar-refractivity contribution >= 4 is 17.5 Å². The summed E-state index contributed by atoms with van der Waals surface area (Å²) in [5.41, 5.74) is 3.35. The number of β-lactam (4-membered cyclic amide) rings is 1. The number of amides is 2. The number of nitrogens with zero attached hydrogens (tertiary/aromatic N) is 1. The highest BCUT2D eigenvalue weighted by Gasteiger charge is 2.54. The quantitative estimate of drug-likeness (QED) is 0.770. The molecular formula is C24H28N2O2. The fourth-order valence-electron chi connectivity index (χ4n) is 4.85. The van der Waals surface area contributed by atoms with Gasteiger partial charge in [-0.25, -0.2) is 0 Å². The normalized spacial score (nSPS) is 21.1.